The van der Waals surface area contributed by atoms with Gasteiger partial charge in [-0.25, -0.2) is 4.39 Å². The molecule has 1 unspecified atom stereocenters. The number of halogens is 1. The minimum Gasteiger partial charge on any atom is -0.345 e. The Bertz CT molecular complexity index is 435. The van der Waals surface area contributed by atoms with Crippen LogP contribution in [0, 0.1) is 5.82 Å². The Morgan fingerprint density at radius 2 is 2.00 bits per heavy atom. The van der Waals surface area contributed by atoms with E-state index in [1.165, 1.54) is 18.2 Å². The molecule has 18 heavy (non-hydrogen) atoms. The van der Waals surface area contributed by atoms with Gasteiger partial charge in [-0.1, -0.05) is 19.1 Å². The fourth-order valence-electron chi connectivity index (χ4n) is 1.41. The van der Waals surface area contributed by atoms with Gasteiger partial charge in [0.05, 0.1) is 5.69 Å². The molecule has 1 rings (SSSR count). The summed E-state index contributed by atoms with van der Waals surface area (Å²) >= 11 is 0. The van der Waals surface area contributed by atoms with E-state index in [4.69, 9.17) is 0 Å². The molecule has 0 aliphatic carbocycles. The standard InChI is InChI=1S/C13H17FN2O2/c1-3-6-12(17)15-9(2)13(18)16-11-8-5-4-7-10(11)14/h4-5,7-9H,3,6H2,1-2H3,(H,15,17)(H,16,18). The van der Waals surface area contributed by atoms with Crippen molar-refractivity contribution in [2.24, 2.45) is 0 Å². The van der Waals surface area contributed by atoms with Gasteiger partial charge in [0.1, 0.15) is 11.9 Å². The smallest absolute Gasteiger partial charge is 0.246 e. The summed E-state index contributed by atoms with van der Waals surface area (Å²) in [4.78, 5) is 23.0. The third kappa shape index (κ3) is 4.16. The Morgan fingerprint density at radius 3 is 2.61 bits per heavy atom. The number of amides is 2. The van der Waals surface area contributed by atoms with Crippen molar-refractivity contribution < 1.29 is 14.0 Å². The Morgan fingerprint density at radius 1 is 1.33 bits per heavy atom. The fourth-order valence-corrected chi connectivity index (χ4v) is 1.41. The molecule has 0 saturated heterocycles. The number of nitrogens with one attached hydrogen (secondary N) is 2. The number of rotatable bonds is 5. The second kappa shape index (κ2) is 6.74. The lowest BCUT2D eigenvalue weighted by Gasteiger charge is -2.14. The molecule has 2 amide bonds. The highest BCUT2D eigenvalue weighted by atomic mass is 19.1. The first kappa shape index (κ1) is 14.2. The zero-order valence-corrected chi connectivity index (χ0v) is 10.5. The van der Waals surface area contributed by atoms with Gasteiger partial charge in [0.25, 0.3) is 0 Å². The van der Waals surface area contributed by atoms with E-state index in [1.54, 1.807) is 13.0 Å². The van der Waals surface area contributed by atoms with Crippen molar-refractivity contribution in [3.63, 3.8) is 0 Å². The van der Waals surface area contributed by atoms with Crippen LogP contribution < -0.4 is 10.6 Å². The number of carbonyl (C=O) groups excluding carboxylic acids is 2. The Kier molecular flexibility index (Phi) is 5.30. The lowest BCUT2D eigenvalue weighted by molar-refractivity contribution is -0.126. The van der Waals surface area contributed by atoms with Crippen LogP contribution in [0.3, 0.4) is 0 Å². The average molecular weight is 252 g/mol. The third-order valence-corrected chi connectivity index (χ3v) is 2.38. The SMILES string of the molecule is CCCC(=O)NC(C)C(=O)Nc1ccccc1F. The topological polar surface area (TPSA) is 58.2 Å². The summed E-state index contributed by atoms with van der Waals surface area (Å²) in [6, 6.07) is 5.20. The maximum Gasteiger partial charge on any atom is 0.246 e. The third-order valence-electron chi connectivity index (χ3n) is 2.38. The van der Waals surface area contributed by atoms with Gasteiger partial charge < -0.3 is 10.6 Å². The number of benzene rings is 1. The molecule has 1 aromatic carbocycles. The minimum absolute atomic E-state index is 0.110. The van der Waals surface area contributed by atoms with Crippen LogP contribution in [0.15, 0.2) is 24.3 Å². The van der Waals surface area contributed by atoms with Gasteiger partial charge in [-0.3, -0.25) is 9.59 Å². The Labute approximate surface area is 106 Å². The predicted molar refractivity (Wildman–Crippen MR) is 67.5 cm³/mol. The van der Waals surface area contributed by atoms with E-state index in [-0.39, 0.29) is 11.6 Å². The largest absolute Gasteiger partial charge is 0.345 e. The molecule has 0 spiro atoms. The molecule has 1 aromatic rings. The zero-order chi connectivity index (χ0) is 13.5. The Balaban J connectivity index is 2.55. The summed E-state index contributed by atoms with van der Waals surface area (Å²) in [5, 5.41) is 4.98. The van der Waals surface area contributed by atoms with Crippen molar-refractivity contribution in [1.82, 2.24) is 5.32 Å². The molecule has 98 valence electrons. The van der Waals surface area contributed by atoms with Gasteiger partial charge >= 0.3 is 0 Å². The number of carbonyl (C=O) groups is 2. The van der Waals surface area contributed by atoms with Crippen molar-refractivity contribution >= 4 is 17.5 Å². The maximum absolute atomic E-state index is 13.3. The van der Waals surface area contributed by atoms with Gasteiger partial charge in [0.15, 0.2) is 0 Å². The summed E-state index contributed by atoms with van der Waals surface area (Å²) in [7, 11) is 0. The molecule has 0 radical (unpaired) electrons. The maximum atomic E-state index is 13.3. The van der Waals surface area contributed by atoms with Gasteiger partial charge in [0.2, 0.25) is 11.8 Å². The molecule has 0 bridgehead atoms. The average Bonchev–Trinajstić information content (AvgIpc) is 2.32. The van der Waals surface area contributed by atoms with E-state index < -0.39 is 17.8 Å². The van der Waals surface area contributed by atoms with Crippen LogP contribution in [-0.4, -0.2) is 17.9 Å². The van der Waals surface area contributed by atoms with Crippen molar-refractivity contribution in [2.75, 3.05) is 5.32 Å². The van der Waals surface area contributed by atoms with Crippen molar-refractivity contribution in [3.8, 4) is 0 Å². The first-order valence-corrected chi connectivity index (χ1v) is 5.89. The molecule has 0 aliphatic rings. The molecular weight excluding hydrogens is 235 g/mol. The fraction of sp³-hybridized carbons (Fsp3) is 0.385. The number of para-hydroxylation sites is 1. The molecule has 2 N–H and O–H groups in total. The molecule has 0 saturated carbocycles. The predicted octanol–water partition coefficient (Wildman–Crippen LogP) is 2.07. The summed E-state index contributed by atoms with van der Waals surface area (Å²) in [6.45, 7) is 3.44. The second-order valence-corrected chi connectivity index (χ2v) is 4.01. The molecule has 0 fully saturated rings. The second-order valence-electron chi connectivity index (χ2n) is 4.01. The van der Waals surface area contributed by atoms with Crippen LogP contribution in [-0.2, 0) is 9.59 Å². The van der Waals surface area contributed by atoms with Crippen LogP contribution in [0.5, 0.6) is 0 Å². The first-order chi connectivity index (χ1) is 8.54. The van der Waals surface area contributed by atoms with Gasteiger partial charge in [-0.15, -0.1) is 0 Å². The van der Waals surface area contributed by atoms with Gasteiger partial charge in [-0.05, 0) is 25.5 Å². The summed E-state index contributed by atoms with van der Waals surface area (Å²) < 4.78 is 13.3. The highest BCUT2D eigenvalue weighted by Crippen LogP contribution is 2.12. The van der Waals surface area contributed by atoms with Crippen LogP contribution in [0.4, 0.5) is 10.1 Å². The molecule has 0 aromatic heterocycles. The number of hydrogen-bond donors (Lipinski definition) is 2. The van der Waals surface area contributed by atoms with E-state index in [1.807, 2.05) is 6.92 Å². The lowest BCUT2D eigenvalue weighted by atomic mass is 10.2. The van der Waals surface area contributed by atoms with Crippen molar-refractivity contribution in [1.29, 1.82) is 0 Å². The van der Waals surface area contributed by atoms with Crippen molar-refractivity contribution in [3.05, 3.63) is 30.1 Å². The lowest BCUT2D eigenvalue weighted by Crippen LogP contribution is -2.41. The van der Waals surface area contributed by atoms with Crippen LogP contribution >= 0.6 is 0 Å². The molecule has 0 aliphatic heterocycles. The van der Waals surface area contributed by atoms with Crippen LogP contribution in [0.2, 0.25) is 0 Å². The van der Waals surface area contributed by atoms with Gasteiger partial charge in [-0.2, -0.15) is 0 Å². The zero-order valence-electron chi connectivity index (χ0n) is 10.5. The van der Waals surface area contributed by atoms with E-state index in [0.29, 0.717) is 12.8 Å². The molecule has 1 atom stereocenters. The molecule has 0 heterocycles. The first-order valence-electron chi connectivity index (χ1n) is 5.89. The number of hydrogen-bond acceptors (Lipinski definition) is 2. The molecule has 5 heteroatoms. The quantitative estimate of drug-likeness (QED) is 0.842. The van der Waals surface area contributed by atoms with E-state index >= 15 is 0 Å². The summed E-state index contributed by atoms with van der Waals surface area (Å²) in [6.07, 6.45) is 1.09. The number of anilines is 1. The van der Waals surface area contributed by atoms with Crippen LogP contribution in [0.25, 0.3) is 0 Å². The minimum atomic E-state index is -0.691. The normalized spacial score (nSPS) is 11.7. The van der Waals surface area contributed by atoms with E-state index in [2.05, 4.69) is 10.6 Å². The monoisotopic (exact) mass is 252 g/mol. The van der Waals surface area contributed by atoms with Crippen molar-refractivity contribution in [2.45, 2.75) is 32.7 Å². The van der Waals surface area contributed by atoms with E-state index in [9.17, 15) is 14.0 Å². The molecular formula is C13H17FN2O2. The highest BCUT2D eigenvalue weighted by Gasteiger charge is 2.16. The molecule has 4 nitrogen and oxygen atoms in total. The Hall–Kier alpha value is -1.91. The highest BCUT2D eigenvalue weighted by molar-refractivity contribution is 5.96. The van der Waals surface area contributed by atoms with E-state index in [0.717, 1.165) is 0 Å². The summed E-state index contributed by atoms with van der Waals surface area (Å²) in [5.74, 6) is -1.13. The van der Waals surface area contributed by atoms with Gasteiger partial charge in [0, 0.05) is 6.42 Å². The van der Waals surface area contributed by atoms with Crippen LogP contribution in [0.1, 0.15) is 26.7 Å². The summed E-state index contributed by atoms with van der Waals surface area (Å²) in [5.41, 5.74) is 0.110.